The molecule has 0 radical (unpaired) electrons. The fraction of sp³-hybridized carbons (Fsp3) is 0.444. The van der Waals surface area contributed by atoms with E-state index in [2.05, 4.69) is 15.7 Å². The quantitative estimate of drug-likeness (QED) is 0.808. The number of hydrogen-bond acceptors (Lipinski definition) is 4. The highest BCUT2D eigenvalue weighted by molar-refractivity contribution is 5.89. The Kier molecular flexibility index (Phi) is 6.27. The Morgan fingerprint density at radius 2 is 2.00 bits per heavy atom. The molecule has 0 aliphatic carbocycles. The summed E-state index contributed by atoms with van der Waals surface area (Å²) >= 11 is 0. The highest BCUT2D eigenvalue weighted by Gasteiger charge is 2.15. The molecule has 1 aromatic heterocycles. The summed E-state index contributed by atoms with van der Waals surface area (Å²) in [5, 5.41) is 10.1. The van der Waals surface area contributed by atoms with E-state index in [1.165, 1.54) is 0 Å². The first-order valence-corrected chi connectivity index (χ1v) is 8.32. The van der Waals surface area contributed by atoms with Gasteiger partial charge in [-0.25, -0.2) is 4.79 Å². The molecule has 0 aliphatic heterocycles. The number of aromatic nitrogens is 2. The third-order valence-electron chi connectivity index (χ3n) is 3.88. The second kappa shape index (κ2) is 8.41. The van der Waals surface area contributed by atoms with Crippen molar-refractivity contribution in [3.05, 3.63) is 35.5 Å². The Labute approximate surface area is 148 Å². The second-order valence-corrected chi connectivity index (χ2v) is 5.86. The molecule has 0 saturated heterocycles. The molecule has 0 aliphatic rings. The van der Waals surface area contributed by atoms with Gasteiger partial charge in [-0.15, -0.1) is 0 Å². The van der Waals surface area contributed by atoms with Crippen molar-refractivity contribution in [1.29, 1.82) is 0 Å². The number of benzene rings is 1. The van der Waals surface area contributed by atoms with Crippen LogP contribution in [0.3, 0.4) is 0 Å². The molecule has 0 saturated carbocycles. The maximum atomic E-state index is 12.2. The molecule has 25 heavy (non-hydrogen) atoms. The number of hydrogen-bond donors (Lipinski definition) is 2. The highest BCUT2D eigenvalue weighted by atomic mass is 16.5. The molecule has 1 atom stereocenters. The lowest BCUT2D eigenvalue weighted by Crippen LogP contribution is -2.40. The number of amides is 2. The Balaban J connectivity index is 1.89. The summed E-state index contributed by atoms with van der Waals surface area (Å²) in [5.41, 5.74) is 1.96. The minimum Gasteiger partial charge on any atom is -0.493 e. The van der Waals surface area contributed by atoms with Crippen molar-refractivity contribution in [2.45, 2.75) is 33.2 Å². The normalized spacial score (nSPS) is 11.7. The van der Waals surface area contributed by atoms with Gasteiger partial charge in [0.25, 0.3) is 0 Å². The van der Waals surface area contributed by atoms with Crippen molar-refractivity contribution in [2.24, 2.45) is 7.05 Å². The Morgan fingerprint density at radius 3 is 2.60 bits per heavy atom. The molecule has 0 bridgehead atoms. The summed E-state index contributed by atoms with van der Waals surface area (Å²) < 4.78 is 12.7. The summed E-state index contributed by atoms with van der Waals surface area (Å²) in [4.78, 5) is 12.2. The number of urea groups is 1. The minimum absolute atomic E-state index is 0.177. The first-order valence-electron chi connectivity index (χ1n) is 8.32. The molecule has 136 valence electrons. The van der Waals surface area contributed by atoms with Gasteiger partial charge in [-0.2, -0.15) is 5.10 Å². The average molecular weight is 346 g/mol. The number of para-hydroxylation sites is 2. The lowest BCUT2D eigenvalue weighted by atomic mass is 10.2. The molecule has 7 nitrogen and oxygen atoms in total. The van der Waals surface area contributed by atoms with Gasteiger partial charge in [0, 0.05) is 12.6 Å². The minimum atomic E-state index is -0.287. The number of methoxy groups -OCH3 is 1. The number of carbonyl (C=O) groups excluding carboxylic acids is 1. The predicted molar refractivity (Wildman–Crippen MR) is 97.4 cm³/mol. The maximum absolute atomic E-state index is 12.2. The number of rotatable bonds is 7. The molecule has 1 aromatic carbocycles. The largest absolute Gasteiger partial charge is 0.493 e. The zero-order valence-electron chi connectivity index (χ0n) is 15.4. The molecular formula is C18H26N4O3. The fourth-order valence-corrected chi connectivity index (χ4v) is 2.56. The van der Waals surface area contributed by atoms with Crippen LogP contribution in [-0.2, 0) is 13.5 Å². The lowest BCUT2D eigenvalue weighted by Gasteiger charge is -2.17. The highest BCUT2D eigenvalue weighted by Crippen LogP contribution is 2.25. The van der Waals surface area contributed by atoms with Crippen molar-refractivity contribution in [3.8, 4) is 11.5 Å². The SMILES string of the molecule is CCc1nn(C)c(NC(=O)NC(C)COc2ccccc2OC)c1C. The number of aryl methyl sites for hydroxylation is 2. The van der Waals surface area contributed by atoms with Crippen molar-refractivity contribution in [2.75, 3.05) is 19.0 Å². The Bertz CT molecular complexity index is 727. The monoisotopic (exact) mass is 346 g/mol. The van der Waals surface area contributed by atoms with E-state index in [0.717, 1.165) is 17.7 Å². The van der Waals surface area contributed by atoms with Crippen LogP contribution < -0.4 is 20.1 Å². The van der Waals surface area contributed by atoms with E-state index in [0.29, 0.717) is 23.9 Å². The van der Waals surface area contributed by atoms with Gasteiger partial charge in [-0.1, -0.05) is 19.1 Å². The second-order valence-electron chi connectivity index (χ2n) is 5.86. The number of nitrogens with zero attached hydrogens (tertiary/aromatic N) is 2. The van der Waals surface area contributed by atoms with Crippen molar-refractivity contribution in [3.63, 3.8) is 0 Å². The van der Waals surface area contributed by atoms with Crippen LogP contribution in [-0.4, -0.2) is 35.6 Å². The zero-order chi connectivity index (χ0) is 18.4. The molecule has 0 spiro atoms. The van der Waals surface area contributed by atoms with E-state index < -0.39 is 0 Å². The van der Waals surface area contributed by atoms with E-state index in [-0.39, 0.29) is 12.1 Å². The third kappa shape index (κ3) is 4.65. The number of nitrogens with one attached hydrogen (secondary N) is 2. The van der Waals surface area contributed by atoms with Crippen LogP contribution in [0.4, 0.5) is 10.6 Å². The molecule has 2 aromatic rings. The van der Waals surface area contributed by atoms with E-state index in [1.54, 1.807) is 11.8 Å². The third-order valence-corrected chi connectivity index (χ3v) is 3.88. The van der Waals surface area contributed by atoms with E-state index >= 15 is 0 Å². The van der Waals surface area contributed by atoms with Crippen LogP contribution in [0.5, 0.6) is 11.5 Å². The molecule has 2 N–H and O–H groups in total. The van der Waals surface area contributed by atoms with Crippen LogP contribution in [0.25, 0.3) is 0 Å². The van der Waals surface area contributed by atoms with Gasteiger partial charge in [0.05, 0.1) is 18.8 Å². The van der Waals surface area contributed by atoms with E-state index in [1.807, 2.05) is 52.1 Å². The van der Waals surface area contributed by atoms with E-state index in [4.69, 9.17) is 9.47 Å². The van der Waals surface area contributed by atoms with Crippen molar-refractivity contribution < 1.29 is 14.3 Å². The first kappa shape index (κ1) is 18.6. The molecule has 0 fully saturated rings. The zero-order valence-corrected chi connectivity index (χ0v) is 15.4. The molecule has 1 heterocycles. The number of carbonyl (C=O) groups is 1. The molecule has 7 heteroatoms. The van der Waals surface area contributed by atoms with Crippen LogP contribution >= 0.6 is 0 Å². The van der Waals surface area contributed by atoms with Gasteiger partial charge in [0.15, 0.2) is 11.5 Å². The smallest absolute Gasteiger partial charge is 0.320 e. The molecule has 2 rings (SSSR count). The first-order chi connectivity index (χ1) is 12.0. The Hall–Kier alpha value is -2.70. The Morgan fingerprint density at radius 1 is 1.32 bits per heavy atom. The van der Waals surface area contributed by atoms with Crippen LogP contribution in [0.1, 0.15) is 25.1 Å². The van der Waals surface area contributed by atoms with Gasteiger partial charge in [0.2, 0.25) is 0 Å². The number of ether oxygens (including phenoxy) is 2. The van der Waals surface area contributed by atoms with E-state index in [9.17, 15) is 4.79 Å². The van der Waals surface area contributed by atoms with Crippen LogP contribution in [0.2, 0.25) is 0 Å². The van der Waals surface area contributed by atoms with Gasteiger partial charge < -0.3 is 14.8 Å². The van der Waals surface area contributed by atoms with Crippen molar-refractivity contribution in [1.82, 2.24) is 15.1 Å². The fourth-order valence-electron chi connectivity index (χ4n) is 2.56. The summed E-state index contributed by atoms with van der Waals surface area (Å²) in [7, 11) is 3.41. The van der Waals surface area contributed by atoms with Crippen molar-refractivity contribution >= 4 is 11.8 Å². The molecule has 2 amide bonds. The van der Waals surface area contributed by atoms with Gasteiger partial charge in [-0.05, 0) is 32.4 Å². The topological polar surface area (TPSA) is 77.4 Å². The molecular weight excluding hydrogens is 320 g/mol. The number of anilines is 1. The van der Waals surface area contributed by atoms with Crippen LogP contribution in [0.15, 0.2) is 24.3 Å². The predicted octanol–water partition coefficient (Wildman–Crippen LogP) is 2.89. The standard InChI is InChI=1S/C18H26N4O3/c1-6-14-13(3)17(22(4)21-14)20-18(23)19-12(2)11-25-16-10-8-7-9-15(16)24-5/h7-10,12H,6,11H2,1-5H3,(H2,19,20,23). The summed E-state index contributed by atoms with van der Waals surface area (Å²) in [6.45, 7) is 6.20. The molecule has 1 unspecified atom stereocenters. The summed E-state index contributed by atoms with van der Waals surface area (Å²) in [6, 6.07) is 6.95. The van der Waals surface area contributed by atoms with Gasteiger partial charge in [-0.3, -0.25) is 10.00 Å². The maximum Gasteiger partial charge on any atom is 0.320 e. The summed E-state index contributed by atoms with van der Waals surface area (Å²) in [6.07, 6.45) is 0.826. The van der Waals surface area contributed by atoms with Gasteiger partial charge in [0.1, 0.15) is 12.4 Å². The average Bonchev–Trinajstić information content (AvgIpc) is 2.87. The summed E-state index contributed by atoms with van der Waals surface area (Å²) in [5.74, 6) is 2.01. The van der Waals surface area contributed by atoms with Crippen LogP contribution in [0, 0.1) is 6.92 Å². The van der Waals surface area contributed by atoms with Gasteiger partial charge >= 0.3 is 6.03 Å². The lowest BCUT2D eigenvalue weighted by molar-refractivity contribution is 0.233.